The van der Waals surface area contributed by atoms with Crippen LogP contribution in [-0.2, 0) is 14.3 Å². The Hall–Kier alpha value is -0.450. The molecule has 0 fully saturated rings. The van der Waals surface area contributed by atoms with Gasteiger partial charge in [0.2, 0.25) is 0 Å². The van der Waals surface area contributed by atoms with Gasteiger partial charge >= 0.3 is 0 Å². The number of aliphatic hydroxyl groups is 1. The van der Waals surface area contributed by atoms with E-state index in [-0.39, 0.29) is 12.4 Å². The van der Waals surface area contributed by atoms with Crippen LogP contribution < -0.4 is 0 Å². The maximum atomic E-state index is 11.1. The Morgan fingerprint density at radius 2 is 2.08 bits per heavy atom. The Bertz CT molecular complexity index is 135. The van der Waals surface area contributed by atoms with E-state index >= 15 is 0 Å². The molecule has 12 heavy (non-hydrogen) atoms. The standard InChI is InChI=1S/C8H16O4/c1-4-6(9)8(12-3)7(10)5-11-2/h7-8,10H,4-5H2,1-3H3/t7-,8-/m1/s1. The van der Waals surface area contributed by atoms with Crippen molar-refractivity contribution in [3.05, 3.63) is 0 Å². The zero-order chi connectivity index (χ0) is 9.56. The first-order valence-electron chi connectivity index (χ1n) is 3.89. The predicted octanol–water partition coefficient (Wildman–Crippen LogP) is -0.0122. The van der Waals surface area contributed by atoms with Crippen LogP contribution >= 0.6 is 0 Å². The van der Waals surface area contributed by atoms with Crippen molar-refractivity contribution in [1.82, 2.24) is 0 Å². The van der Waals surface area contributed by atoms with E-state index in [1.807, 2.05) is 0 Å². The Morgan fingerprint density at radius 1 is 1.50 bits per heavy atom. The third kappa shape index (κ3) is 3.30. The zero-order valence-electron chi connectivity index (χ0n) is 7.74. The second-order valence-corrected chi connectivity index (χ2v) is 2.50. The van der Waals surface area contributed by atoms with Crippen LogP contribution in [0, 0.1) is 0 Å². The van der Waals surface area contributed by atoms with Crippen LogP contribution in [-0.4, -0.2) is 43.9 Å². The first-order valence-corrected chi connectivity index (χ1v) is 3.89. The van der Waals surface area contributed by atoms with Gasteiger partial charge in [0, 0.05) is 20.6 Å². The molecule has 0 bridgehead atoms. The van der Waals surface area contributed by atoms with E-state index in [2.05, 4.69) is 0 Å². The van der Waals surface area contributed by atoms with Crippen LogP contribution in [0.25, 0.3) is 0 Å². The molecule has 2 atom stereocenters. The van der Waals surface area contributed by atoms with Crippen LogP contribution in [0.1, 0.15) is 13.3 Å². The summed E-state index contributed by atoms with van der Waals surface area (Å²) in [6, 6.07) is 0. The number of rotatable bonds is 6. The van der Waals surface area contributed by atoms with E-state index in [0.717, 1.165) is 0 Å². The summed E-state index contributed by atoms with van der Waals surface area (Å²) in [5.41, 5.74) is 0. The molecule has 0 saturated heterocycles. The van der Waals surface area contributed by atoms with Gasteiger partial charge < -0.3 is 14.6 Å². The molecular weight excluding hydrogens is 160 g/mol. The summed E-state index contributed by atoms with van der Waals surface area (Å²) in [6.45, 7) is 1.85. The highest BCUT2D eigenvalue weighted by Gasteiger charge is 2.24. The Labute approximate surface area is 72.5 Å². The fourth-order valence-electron chi connectivity index (χ4n) is 0.962. The second kappa shape index (κ2) is 6.11. The maximum Gasteiger partial charge on any atom is 0.164 e. The normalized spacial score (nSPS) is 15.7. The van der Waals surface area contributed by atoms with Crippen LogP contribution in [0.2, 0.25) is 0 Å². The quantitative estimate of drug-likeness (QED) is 0.618. The van der Waals surface area contributed by atoms with Gasteiger partial charge in [0.15, 0.2) is 5.78 Å². The summed E-state index contributed by atoms with van der Waals surface area (Å²) in [5, 5.41) is 9.34. The molecule has 0 spiro atoms. The molecule has 0 aromatic heterocycles. The number of carbonyl (C=O) groups excluding carboxylic acids is 1. The van der Waals surface area contributed by atoms with Gasteiger partial charge in [0.05, 0.1) is 6.61 Å². The molecule has 0 aliphatic rings. The van der Waals surface area contributed by atoms with Crippen molar-refractivity contribution in [2.75, 3.05) is 20.8 Å². The number of carbonyl (C=O) groups is 1. The van der Waals surface area contributed by atoms with Crippen molar-refractivity contribution in [3.63, 3.8) is 0 Å². The number of hydrogen-bond donors (Lipinski definition) is 1. The van der Waals surface area contributed by atoms with Gasteiger partial charge in [-0.1, -0.05) is 6.92 Å². The molecule has 0 aliphatic carbocycles. The molecule has 72 valence electrons. The van der Waals surface area contributed by atoms with Crippen molar-refractivity contribution in [2.45, 2.75) is 25.6 Å². The Balaban J connectivity index is 4.03. The Kier molecular flexibility index (Phi) is 5.88. The molecule has 0 heterocycles. The molecule has 0 unspecified atom stereocenters. The minimum atomic E-state index is -0.868. The summed E-state index contributed by atoms with van der Waals surface area (Å²) < 4.78 is 9.54. The number of aliphatic hydroxyl groups excluding tert-OH is 1. The van der Waals surface area contributed by atoms with Gasteiger partial charge in [-0.3, -0.25) is 4.79 Å². The minimum Gasteiger partial charge on any atom is -0.388 e. The first-order chi connectivity index (χ1) is 5.67. The lowest BCUT2D eigenvalue weighted by molar-refractivity contribution is -0.137. The second-order valence-electron chi connectivity index (χ2n) is 2.50. The minimum absolute atomic E-state index is 0.109. The largest absolute Gasteiger partial charge is 0.388 e. The molecule has 0 aliphatic heterocycles. The van der Waals surface area contributed by atoms with E-state index in [1.54, 1.807) is 6.92 Å². The lowest BCUT2D eigenvalue weighted by atomic mass is 10.1. The molecule has 0 aromatic rings. The van der Waals surface area contributed by atoms with Gasteiger partial charge in [-0.05, 0) is 0 Å². The lowest BCUT2D eigenvalue weighted by Gasteiger charge is -2.18. The summed E-state index contributed by atoms with van der Waals surface area (Å²) in [7, 11) is 2.86. The van der Waals surface area contributed by atoms with E-state index < -0.39 is 12.2 Å². The van der Waals surface area contributed by atoms with Gasteiger partial charge in [0.1, 0.15) is 12.2 Å². The van der Waals surface area contributed by atoms with Crippen molar-refractivity contribution < 1.29 is 19.4 Å². The summed E-state index contributed by atoms with van der Waals surface area (Å²) in [5.74, 6) is -0.109. The van der Waals surface area contributed by atoms with Gasteiger partial charge in [-0.2, -0.15) is 0 Å². The number of hydrogen-bond acceptors (Lipinski definition) is 4. The molecule has 0 saturated carbocycles. The van der Waals surface area contributed by atoms with Crippen LogP contribution in [0.15, 0.2) is 0 Å². The van der Waals surface area contributed by atoms with Gasteiger partial charge in [0.25, 0.3) is 0 Å². The fourth-order valence-corrected chi connectivity index (χ4v) is 0.962. The number of Topliss-reactive ketones (excluding diaryl/α,β-unsaturated/α-hetero) is 1. The van der Waals surface area contributed by atoms with Crippen LogP contribution in [0.5, 0.6) is 0 Å². The SMILES string of the molecule is CCC(=O)[C@@H](OC)[C@H](O)COC. The van der Waals surface area contributed by atoms with E-state index in [4.69, 9.17) is 9.47 Å². The Morgan fingerprint density at radius 3 is 2.42 bits per heavy atom. The van der Waals surface area contributed by atoms with Gasteiger partial charge in [-0.25, -0.2) is 0 Å². The fraction of sp³-hybridized carbons (Fsp3) is 0.875. The predicted molar refractivity (Wildman–Crippen MR) is 44.0 cm³/mol. The highest BCUT2D eigenvalue weighted by molar-refractivity contribution is 5.83. The third-order valence-corrected chi connectivity index (χ3v) is 1.61. The molecule has 1 N–H and O–H groups in total. The highest BCUT2D eigenvalue weighted by Crippen LogP contribution is 2.02. The average Bonchev–Trinajstić information content (AvgIpc) is 2.06. The summed E-state index contributed by atoms with van der Waals surface area (Å²) in [6.07, 6.45) is -1.26. The summed E-state index contributed by atoms with van der Waals surface area (Å²) in [4.78, 5) is 11.1. The number of ketones is 1. The average molecular weight is 176 g/mol. The lowest BCUT2D eigenvalue weighted by Crippen LogP contribution is -2.38. The molecule has 0 rings (SSSR count). The van der Waals surface area contributed by atoms with Gasteiger partial charge in [-0.15, -0.1) is 0 Å². The zero-order valence-corrected chi connectivity index (χ0v) is 7.74. The molecule has 0 radical (unpaired) electrons. The third-order valence-electron chi connectivity index (χ3n) is 1.61. The van der Waals surface area contributed by atoms with E-state index in [1.165, 1.54) is 14.2 Å². The maximum absolute atomic E-state index is 11.1. The van der Waals surface area contributed by atoms with Crippen LogP contribution in [0.3, 0.4) is 0 Å². The van der Waals surface area contributed by atoms with Crippen molar-refractivity contribution in [3.8, 4) is 0 Å². The van der Waals surface area contributed by atoms with Crippen molar-refractivity contribution >= 4 is 5.78 Å². The smallest absolute Gasteiger partial charge is 0.164 e. The molecule has 0 amide bonds. The van der Waals surface area contributed by atoms with Crippen LogP contribution in [0.4, 0.5) is 0 Å². The highest BCUT2D eigenvalue weighted by atomic mass is 16.5. The molecule has 4 nitrogen and oxygen atoms in total. The van der Waals surface area contributed by atoms with E-state index in [0.29, 0.717) is 6.42 Å². The first kappa shape index (κ1) is 11.6. The topological polar surface area (TPSA) is 55.8 Å². The molecular formula is C8H16O4. The molecule has 4 heteroatoms. The van der Waals surface area contributed by atoms with Crippen molar-refractivity contribution in [1.29, 1.82) is 0 Å². The van der Waals surface area contributed by atoms with E-state index in [9.17, 15) is 9.90 Å². The van der Waals surface area contributed by atoms with Crippen molar-refractivity contribution in [2.24, 2.45) is 0 Å². The molecule has 0 aromatic carbocycles. The summed E-state index contributed by atoms with van der Waals surface area (Å²) >= 11 is 0. The number of ether oxygens (including phenoxy) is 2. The number of methoxy groups -OCH3 is 2. The monoisotopic (exact) mass is 176 g/mol.